The molecule has 4 heteroatoms. The van der Waals surface area contributed by atoms with E-state index in [9.17, 15) is 5.11 Å². The Kier molecular flexibility index (Phi) is 4.72. The van der Waals surface area contributed by atoms with E-state index in [1.165, 1.54) is 5.56 Å². The molecular formula is C14H22N2O2. The van der Waals surface area contributed by atoms with E-state index in [0.717, 1.165) is 6.54 Å². The highest BCUT2D eigenvalue weighted by Gasteiger charge is 2.31. The second-order valence-corrected chi connectivity index (χ2v) is 4.86. The number of benzene rings is 1. The predicted octanol–water partition coefficient (Wildman–Crippen LogP) is 0.768. The molecule has 1 fully saturated rings. The Labute approximate surface area is 108 Å². The van der Waals surface area contributed by atoms with Crippen molar-refractivity contribution in [3.8, 4) is 0 Å². The van der Waals surface area contributed by atoms with Gasteiger partial charge in [-0.25, -0.2) is 0 Å². The number of morpholine rings is 1. The first-order valence-electron chi connectivity index (χ1n) is 6.49. The van der Waals surface area contributed by atoms with Crippen molar-refractivity contribution in [2.24, 2.45) is 5.73 Å². The monoisotopic (exact) mass is 250 g/mol. The van der Waals surface area contributed by atoms with Gasteiger partial charge in [0, 0.05) is 12.6 Å². The SMILES string of the molecule is CC(N)C(c1ccccc1)N1CCOCC1CO. The van der Waals surface area contributed by atoms with Crippen LogP contribution >= 0.6 is 0 Å². The summed E-state index contributed by atoms with van der Waals surface area (Å²) in [5.74, 6) is 0. The molecule has 4 nitrogen and oxygen atoms in total. The average molecular weight is 250 g/mol. The Hall–Kier alpha value is -0.940. The zero-order chi connectivity index (χ0) is 13.0. The van der Waals surface area contributed by atoms with Crippen LogP contribution in [0.3, 0.4) is 0 Å². The largest absolute Gasteiger partial charge is 0.395 e. The summed E-state index contributed by atoms with van der Waals surface area (Å²) in [5, 5.41) is 9.48. The first-order chi connectivity index (χ1) is 8.74. The Bertz CT molecular complexity index is 356. The van der Waals surface area contributed by atoms with Gasteiger partial charge in [-0.2, -0.15) is 0 Å². The van der Waals surface area contributed by atoms with E-state index in [2.05, 4.69) is 17.0 Å². The third kappa shape index (κ3) is 2.90. The molecule has 2 rings (SSSR count). The smallest absolute Gasteiger partial charge is 0.0645 e. The second kappa shape index (κ2) is 6.29. The van der Waals surface area contributed by atoms with E-state index in [1.54, 1.807) is 0 Å². The summed E-state index contributed by atoms with van der Waals surface area (Å²) in [7, 11) is 0. The summed E-state index contributed by atoms with van der Waals surface area (Å²) in [4.78, 5) is 2.27. The lowest BCUT2D eigenvalue weighted by atomic mass is 9.97. The van der Waals surface area contributed by atoms with E-state index in [0.29, 0.717) is 13.2 Å². The lowest BCUT2D eigenvalue weighted by molar-refractivity contribution is -0.0515. The summed E-state index contributed by atoms with van der Waals surface area (Å²) in [5.41, 5.74) is 7.35. The number of aliphatic hydroxyl groups excluding tert-OH is 1. The van der Waals surface area contributed by atoms with E-state index in [-0.39, 0.29) is 24.7 Å². The third-order valence-corrected chi connectivity index (χ3v) is 3.48. The molecule has 0 aromatic heterocycles. The van der Waals surface area contributed by atoms with Crippen LogP contribution in [0.25, 0.3) is 0 Å². The van der Waals surface area contributed by atoms with Crippen LogP contribution in [0.2, 0.25) is 0 Å². The molecule has 18 heavy (non-hydrogen) atoms. The minimum absolute atomic E-state index is 0.0135. The van der Waals surface area contributed by atoms with Gasteiger partial charge >= 0.3 is 0 Å². The standard InChI is InChI=1S/C14H22N2O2/c1-11(15)14(12-5-3-2-4-6-12)16-7-8-18-10-13(16)9-17/h2-6,11,13-14,17H,7-10,15H2,1H3. The van der Waals surface area contributed by atoms with Crippen LogP contribution in [-0.2, 0) is 4.74 Å². The second-order valence-electron chi connectivity index (χ2n) is 4.86. The summed E-state index contributed by atoms with van der Waals surface area (Å²) in [6, 6.07) is 10.4. The van der Waals surface area contributed by atoms with Gasteiger partial charge in [0.25, 0.3) is 0 Å². The van der Waals surface area contributed by atoms with E-state index in [4.69, 9.17) is 10.5 Å². The fraction of sp³-hybridized carbons (Fsp3) is 0.571. The first-order valence-corrected chi connectivity index (χ1v) is 6.49. The molecule has 0 spiro atoms. The fourth-order valence-electron chi connectivity index (χ4n) is 2.64. The van der Waals surface area contributed by atoms with Crippen LogP contribution in [0, 0.1) is 0 Å². The maximum absolute atomic E-state index is 9.48. The van der Waals surface area contributed by atoms with Crippen LogP contribution in [0.4, 0.5) is 0 Å². The number of nitrogens with zero attached hydrogens (tertiary/aromatic N) is 1. The average Bonchev–Trinajstić information content (AvgIpc) is 2.40. The molecule has 100 valence electrons. The van der Waals surface area contributed by atoms with Gasteiger partial charge in [0.15, 0.2) is 0 Å². The van der Waals surface area contributed by atoms with E-state index >= 15 is 0 Å². The highest BCUT2D eigenvalue weighted by atomic mass is 16.5. The van der Waals surface area contributed by atoms with Crippen LogP contribution in [-0.4, -0.2) is 48.5 Å². The molecule has 0 radical (unpaired) electrons. The van der Waals surface area contributed by atoms with E-state index in [1.807, 2.05) is 25.1 Å². The van der Waals surface area contributed by atoms with Crippen LogP contribution in [0.1, 0.15) is 18.5 Å². The lowest BCUT2D eigenvalue weighted by Crippen LogP contribution is -2.52. The summed E-state index contributed by atoms with van der Waals surface area (Å²) < 4.78 is 5.43. The molecule has 1 aromatic rings. The summed E-state index contributed by atoms with van der Waals surface area (Å²) >= 11 is 0. The number of aliphatic hydroxyl groups is 1. The zero-order valence-corrected chi connectivity index (χ0v) is 10.8. The fourth-order valence-corrected chi connectivity index (χ4v) is 2.64. The van der Waals surface area contributed by atoms with Crippen LogP contribution in [0.5, 0.6) is 0 Å². The minimum Gasteiger partial charge on any atom is -0.395 e. The van der Waals surface area contributed by atoms with Gasteiger partial charge in [-0.05, 0) is 12.5 Å². The maximum atomic E-state index is 9.48. The zero-order valence-electron chi connectivity index (χ0n) is 10.8. The quantitative estimate of drug-likeness (QED) is 0.828. The Morgan fingerprint density at radius 1 is 1.44 bits per heavy atom. The third-order valence-electron chi connectivity index (χ3n) is 3.48. The number of rotatable bonds is 4. The normalized spacial score (nSPS) is 24.7. The van der Waals surface area contributed by atoms with Crippen molar-refractivity contribution in [1.82, 2.24) is 4.90 Å². The molecular weight excluding hydrogens is 228 g/mol. The van der Waals surface area contributed by atoms with Gasteiger partial charge in [0.1, 0.15) is 0 Å². The van der Waals surface area contributed by atoms with Crippen LogP contribution < -0.4 is 5.73 Å². The molecule has 3 N–H and O–H groups in total. The number of ether oxygens (including phenoxy) is 1. The minimum atomic E-state index is 0.0135. The molecule has 1 aliphatic rings. The number of hydrogen-bond acceptors (Lipinski definition) is 4. The van der Waals surface area contributed by atoms with Crippen LogP contribution in [0.15, 0.2) is 30.3 Å². The molecule has 1 aliphatic heterocycles. The molecule has 1 heterocycles. The van der Waals surface area contributed by atoms with Gasteiger partial charge in [-0.3, -0.25) is 4.90 Å². The molecule has 3 unspecified atom stereocenters. The van der Waals surface area contributed by atoms with Gasteiger partial charge in [-0.15, -0.1) is 0 Å². The van der Waals surface area contributed by atoms with E-state index < -0.39 is 0 Å². The molecule has 1 saturated heterocycles. The van der Waals surface area contributed by atoms with Crippen molar-refractivity contribution in [2.45, 2.75) is 25.0 Å². The lowest BCUT2D eigenvalue weighted by Gasteiger charge is -2.42. The van der Waals surface area contributed by atoms with Crippen molar-refractivity contribution >= 4 is 0 Å². The number of hydrogen-bond donors (Lipinski definition) is 2. The first kappa shape index (κ1) is 13.5. The number of nitrogens with two attached hydrogens (primary N) is 1. The highest BCUT2D eigenvalue weighted by Crippen LogP contribution is 2.26. The summed E-state index contributed by atoms with van der Waals surface area (Å²) in [6.45, 7) is 4.21. The van der Waals surface area contributed by atoms with Crippen molar-refractivity contribution in [2.75, 3.05) is 26.4 Å². The van der Waals surface area contributed by atoms with Gasteiger partial charge < -0.3 is 15.6 Å². The molecule has 0 amide bonds. The Balaban J connectivity index is 2.24. The molecule has 0 bridgehead atoms. The highest BCUT2D eigenvalue weighted by molar-refractivity contribution is 5.21. The summed E-state index contributed by atoms with van der Waals surface area (Å²) in [6.07, 6.45) is 0. The van der Waals surface area contributed by atoms with Crippen molar-refractivity contribution in [3.63, 3.8) is 0 Å². The maximum Gasteiger partial charge on any atom is 0.0645 e. The molecule has 3 atom stereocenters. The van der Waals surface area contributed by atoms with Gasteiger partial charge in [-0.1, -0.05) is 30.3 Å². The van der Waals surface area contributed by atoms with Gasteiger partial charge in [0.05, 0.1) is 31.9 Å². The topological polar surface area (TPSA) is 58.7 Å². The van der Waals surface area contributed by atoms with Crippen molar-refractivity contribution < 1.29 is 9.84 Å². The van der Waals surface area contributed by atoms with Crippen molar-refractivity contribution in [1.29, 1.82) is 0 Å². The predicted molar refractivity (Wildman–Crippen MR) is 71.2 cm³/mol. The molecule has 1 aromatic carbocycles. The molecule has 0 saturated carbocycles. The van der Waals surface area contributed by atoms with Gasteiger partial charge in [0.2, 0.25) is 0 Å². The Morgan fingerprint density at radius 3 is 2.78 bits per heavy atom. The Morgan fingerprint density at radius 2 is 2.17 bits per heavy atom. The molecule has 0 aliphatic carbocycles. The van der Waals surface area contributed by atoms with Crippen molar-refractivity contribution in [3.05, 3.63) is 35.9 Å².